The predicted octanol–water partition coefficient (Wildman–Crippen LogP) is 1.73. The van der Waals surface area contributed by atoms with Gasteiger partial charge >= 0.3 is 5.97 Å². The van der Waals surface area contributed by atoms with E-state index in [0.717, 1.165) is 12.8 Å². The SMILES string of the molecule is CCOC(=O)C1CCCCN1C(=O)CCn1cnc2ccccc2c1=O. The van der Waals surface area contributed by atoms with Crippen LogP contribution in [0.15, 0.2) is 35.4 Å². The van der Waals surface area contributed by atoms with Gasteiger partial charge in [-0.15, -0.1) is 0 Å². The summed E-state index contributed by atoms with van der Waals surface area (Å²) in [5, 5.41) is 0.532. The Hall–Kier alpha value is -2.70. The molecule has 1 aliphatic heterocycles. The number of carbonyl (C=O) groups is 2. The van der Waals surface area contributed by atoms with Gasteiger partial charge in [0.25, 0.3) is 5.56 Å². The van der Waals surface area contributed by atoms with Crippen LogP contribution in [0.2, 0.25) is 0 Å². The van der Waals surface area contributed by atoms with Crippen LogP contribution in [0, 0.1) is 0 Å². The van der Waals surface area contributed by atoms with Crippen molar-refractivity contribution in [3.8, 4) is 0 Å². The second-order valence-corrected chi connectivity index (χ2v) is 6.36. The van der Waals surface area contributed by atoms with Crippen molar-refractivity contribution in [1.82, 2.24) is 14.5 Å². The van der Waals surface area contributed by atoms with Crippen LogP contribution in [0.1, 0.15) is 32.6 Å². The number of aryl methyl sites for hydroxylation is 1. The van der Waals surface area contributed by atoms with E-state index in [9.17, 15) is 14.4 Å². The molecule has 7 nitrogen and oxygen atoms in total. The maximum atomic E-state index is 12.6. The van der Waals surface area contributed by atoms with Gasteiger partial charge in [0.2, 0.25) is 5.91 Å². The maximum Gasteiger partial charge on any atom is 0.328 e. The summed E-state index contributed by atoms with van der Waals surface area (Å²) in [6, 6.07) is 6.61. The van der Waals surface area contributed by atoms with Gasteiger partial charge in [0.15, 0.2) is 0 Å². The van der Waals surface area contributed by atoms with Crippen LogP contribution in [-0.4, -0.2) is 45.5 Å². The lowest BCUT2D eigenvalue weighted by atomic mass is 10.0. The van der Waals surface area contributed by atoms with E-state index < -0.39 is 6.04 Å². The van der Waals surface area contributed by atoms with Crippen molar-refractivity contribution in [1.29, 1.82) is 0 Å². The number of hydrogen-bond donors (Lipinski definition) is 0. The molecule has 2 aromatic rings. The number of para-hydroxylation sites is 1. The first-order chi connectivity index (χ1) is 12.6. The van der Waals surface area contributed by atoms with E-state index in [4.69, 9.17) is 4.74 Å². The molecule has 0 N–H and O–H groups in total. The van der Waals surface area contributed by atoms with Gasteiger partial charge in [0, 0.05) is 19.5 Å². The molecular weight excluding hydrogens is 334 g/mol. The third-order valence-corrected chi connectivity index (χ3v) is 4.68. The fraction of sp³-hybridized carbons (Fsp3) is 0.474. The van der Waals surface area contributed by atoms with Crippen molar-refractivity contribution in [2.75, 3.05) is 13.2 Å². The zero-order chi connectivity index (χ0) is 18.5. The molecule has 1 atom stereocenters. The maximum absolute atomic E-state index is 12.6. The Labute approximate surface area is 151 Å². The molecule has 1 unspecified atom stereocenters. The van der Waals surface area contributed by atoms with Gasteiger partial charge in [-0.25, -0.2) is 9.78 Å². The van der Waals surface area contributed by atoms with E-state index in [2.05, 4.69) is 4.98 Å². The topological polar surface area (TPSA) is 81.5 Å². The normalized spacial score (nSPS) is 17.3. The van der Waals surface area contributed by atoms with Gasteiger partial charge in [-0.1, -0.05) is 12.1 Å². The molecule has 0 saturated carbocycles. The number of likely N-dealkylation sites (tertiary alicyclic amines) is 1. The zero-order valence-electron chi connectivity index (χ0n) is 14.9. The number of ether oxygens (including phenoxy) is 1. The smallest absolute Gasteiger partial charge is 0.328 e. The molecule has 0 aliphatic carbocycles. The monoisotopic (exact) mass is 357 g/mol. The zero-order valence-corrected chi connectivity index (χ0v) is 14.9. The van der Waals surface area contributed by atoms with E-state index in [1.807, 2.05) is 6.07 Å². The summed E-state index contributed by atoms with van der Waals surface area (Å²) in [4.78, 5) is 43.1. The third-order valence-electron chi connectivity index (χ3n) is 4.68. The second-order valence-electron chi connectivity index (χ2n) is 6.36. The Morgan fingerprint density at radius 2 is 2.08 bits per heavy atom. The van der Waals surface area contributed by atoms with Crippen molar-refractivity contribution in [2.24, 2.45) is 0 Å². The van der Waals surface area contributed by atoms with Gasteiger partial charge in [0.1, 0.15) is 6.04 Å². The quantitative estimate of drug-likeness (QED) is 0.761. The Morgan fingerprint density at radius 3 is 2.88 bits per heavy atom. The molecule has 0 bridgehead atoms. The highest BCUT2D eigenvalue weighted by Crippen LogP contribution is 2.19. The van der Waals surface area contributed by atoms with E-state index in [1.54, 1.807) is 30.0 Å². The molecule has 0 radical (unpaired) electrons. The Balaban J connectivity index is 1.70. The number of benzene rings is 1. The summed E-state index contributed by atoms with van der Waals surface area (Å²) in [5.74, 6) is -0.479. The van der Waals surface area contributed by atoms with Gasteiger partial charge in [0.05, 0.1) is 23.8 Å². The van der Waals surface area contributed by atoms with Crippen molar-refractivity contribution < 1.29 is 14.3 Å². The third kappa shape index (κ3) is 3.76. The van der Waals surface area contributed by atoms with Gasteiger partial charge in [-0.2, -0.15) is 0 Å². The van der Waals surface area contributed by atoms with Gasteiger partial charge in [-0.05, 0) is 38.3 Å². The molecule has 1 fully saturated rings. The summed E-state index contributed by atoms with van der Waals surface area (Å²) >= 11 is 0. The number of aromatic nitrogens is 2. The largest absolute Gasteiger partial charge is 0.464 e. The molecule has 2 heterocycles. The average Bonchev–Trinajstić information content (AvgIpc) is 2.67. The van der Waals surface area contributed by atoms with Crippen LogP contribution in [0.4, 0.5) is 0 Å². The summed E-state index contributed by atoms with van der Waals surface area (Å²) < 4.78 is 6.54. The van der Waals surface area contributed by atoms with Crippen LogP contribution in [0.3, 0.4) is 0 Å². The molecule has 0 spiro atoms. The van der Waals surface area contributed by atoms with Crippen LogP contribution >= 0.6 is 0 Å². The Morgan fingerprint density at radius 1 is 1.27 bits per heavy atom. The highest BCUT2D eigenvalue weighted by Gasteiger charge is 2.32. The van der Waals surface area contributed by atoms with Crippen LogP contribution < -0.4 is 5.56 Å². The molecule has 1 aromatic carbocycles. The summed E-state index contributed by atoms with van der Waals surface area (Å²) in [6.07, 6.45) is 4.02. The molecule has 7 heteroatoms. The van der Waals surface area contributed by atoms with E-state index >= 15 is 0 Å². The fourth-order valence-electron chi connectivity index (χ4n) is 3.34. The number of nitrogens with zero attached hydrogens (tertiary/aromatic N) is 3. The molecule has 1 amide bonds. The minimum Gasteiger partial charge on any atom is -0.464 e. The fourth-order valence-corrected chi connectivity index (χ4v) is 3.34. The lowest BCUT2D eigenvalue weighted by Gasteiger charge is -2.34. The van der Waals surface area contributed by atoms with Crippen molar-refractivity contribution >= 4 is 22.8 Å². The first-order valence-electron chi connectivity index (χ1n) is 9.02. The first kappa shape index (κ1) is 18.1. The van der Waals surface area contributed by atoms with E-state index in [-0.39, 0.29) is 30.4 Å². The number of rotatable bonds is 5. The van der Waals surface area contributed by atoms with Crippen molar-refractivity contribution in [3.63, 3.8) is 0 Å². The van der Waals surface area contributed by atoms with Crippen molar-refractivity contribution in [2.45, 2.75) is 45.2 Å². The average molecular weight is 357 g/mol. The van der Waals surface area contributed by atoms with Crippen LogP contribution in [-0.2, 0) is 20.9 Å². The van der Waals surface area contributed by atoms with E-state index in [0.29, 0.717) is 30.5 Å². The van der Waals surface area contributed by atoms with Gasteiger partial charge < -0.3 is 9.64 Å². The van der Waals surface area contributed by atoms with Crippen LogP contribution in [0.5, 0.6) is 0 Å². The lowest BCUT2D eigenvalue weighted by molar-refractivity contribution is -0.156. The standard InChI is InChI=1S/C19H23N3O4/c1-2-26-19(25)16-9-5-6-11-22(16)17(23)10-12-21-13-20-15-8-4-3-7-14(15)18(21)24/h3-4,7-8,13,16H,2,5-6,9-12H2,1H3. The highest BCUT2D eigenvalue weighted by atomic mass is 16.5. The highest BCUT2D eigenvalue weighted by molar-refractivity contribution is 5.84. The number of carbonyl (C=O) groups excluding carboxylic acids is 2. The number of amides is 1. The minimum atomic E-state index is -0.511. The molecule has 138 valence electrons. The minimum absolute atomic E-state index is 0.136. The van der Waals surface area contributed by atoms with Crippen LogP contribution in [0.25, 0.3) is 10.9 Å². The number of piperidine rings is 1. The number of esters is 1. The number of fused-ring (bicyclic) bond motifs is 1. The molecule has 3 rings (SSSR count). The number of hydrogen-bond acceptors (Lipinski definition) is 5. The van der Waals surface area contributed by atoms with E-state index in [1.165, 1.54) is 10.9 Å². The Bertz CT molecular complexity index is 861. The summed E-state index contributed by atoms with van der Waals surface area (Å²) in [5.41, 5.74) is 0.475. The molecule has 26 heavy (non-hydrogen) atoms. The summed E-state index contributed by atoms with van der Waals surface area (Å²) in [6.45, 7) is 2.84. The molecule has 1 saturated heterocycles. The molecule has 1 aromatic heterocycles. The lowest BCUT2D eigenvalue weighted by Crippen LogP contribution is -2.49. The van der Waals surface area contributed by atoms with Crippen molar-refractivity contribution in [3.05, 3.63) is 40.9 Å². The Kier molecular flexibility index (Phi) is 5.65. The van der Waals surface area contributed by atoms with Gasteiger partial charge in [-0.3, -0.25) is 14.2 Å². The first-order valence-corrected chi connectivity index (χ1v) is 9.02. The molecular formula is C19H23N3O4. The second kappa shape index (κ2) is 8.12. The molecule has 1 aliphatic rings. The summed E-state index contributed by atoms with van der Waals surface area (Å²) in [7, 11) is 0. The predicted molar refractivity (Wildman–Crippen MR) is 96.6 cm³/mol.